The number of halogens is 1. The minimum Gasteiger partial charge on any atom is -0.383 e. The van der Waals surface area contributed by atoms with Gasteiger partial charge in [-0.1, -0.05) is 23.7 Å². The van der Waals surface area contributed by atoms with Crippen LogP contribution in [0.1, 0.15) is 12.8 Å². The molecule has 0 aromatic heterocycles. The lowest BCUT2D eigenvalue weighted by Crippen LogP contribution is -2.40. The van der Waals surface area contributed by atoms with Crippen molar-refractivity contribution in [1.82, 2.24) is 10.2 Å². The molecule has 122 valence electrons. The second kappa shape index (κ2) is 8.98. The fourth-order valence-corrected chi connectivity index (χ4v) is 2.78. The molecule has 1 saturated heterocycles. The first kappa shape index (κ1) is 17.1. The summed E-state index contributed by atoms with van der Waals surface area (Å²) in [5.41, 5.74) is 0.635. The van der Waals surface area contributed by atoms with Gasteiger partial charge in [-0.25, -0.2) is 4.79 Å². The van der Waals surface area contributed by atoms with E-state index in [1.54, 1.807) is 19.2 Å². The molecule has 0 aliphatic carbocycles. The van der Waals surface area contributed by atoms with Crippen molar-refractivity contribution in [3.8, 4) is 0 Å². The number of nitrogens with one attached hydrogen (secondary N) is 2. The fraction of sp³-hybridized carbons (Fsp3) is 0.562. The van der Waals surface area contributed by atoms with Crippen LogP contribution in [0.4, 0.5) is 10.5 Å². The number of urea groups is 1. The van der Waals surface area contributed by atoms with E-state index in [-0.39, 0.29) is 6.03 Å². The summed E-state index contributed by atoms with van der Waals surface area (Å²) >= 11 is 6.02. The van der Waals surface area contributed by atoms with Gasteiger partial charge in [0.25, 0.3) is 0 Å². The maximum absolute atomic E-state index is 11.9. The molecule has 1 aliphatic heterocycles. The highest BCUT2D eigenvalue weighted by molar-refractivity contribution is 6.33. The summed E-state index contributed by atoms with van der Waals surface area (Å²) in [6.45, 7) is 4.62. The van der Waals surface area contributed by atoms with Crippen LogP contribution < -0.4 is 10.6 Å². The zero-order valence-electron chi connectivity index (χ0n) is 13.0. The number of nitrogens with zero attached hydrogens (tertiary/aromatic N) is 1. The largest absolute Gasteiger partial charge is 0.383 e. The number of carbonyl (C=O) groups is 1. The summed E-state index contributed by atoms with van der Waals surface area (Å²) in [6.07, 6.45) is 2.21. The first-order valence-corrected chi connectivity index (χ1v) is 8.07. The van der Waals surface area contributed by atoms with Gasteiger partial charge in [0.15, 0.2) is 0 Å². The Hall–Kier alpha value is -1.30. The van der Waals surface area contributed by atoms with Gasteiger partial charge in [-0.15, -0.1) is 0 Å². The van der Waals surface area contributed by atoms with Crippen LogP contribution >= 0.6 is 11.6 Å². The highest BCUT2D eigenvalue weighted by atomic mass is 35.5. The molecule has 1 aliphatic rings. The molecule has 5 nitrogen and oxygen atoms in total. The van der Waals surface area contributed by atoms with E-state index in [4.69, 9.17) is 16.3 Å². The van der Waals surface area contributed by atoms with Crippen molar-refractivity contribution in [3.63, 3.8) is 0 Å². The fourth-order valence-electron chi connectivity index (χ4n) is 2.60. The number of likely N-dealkylation sites (tertiary alicyclic amines) is 1. The van der Waals surface area contributed by atoms with Gasteiger partial charge < -0.3 is 20.3 Å². The first-order valence-electron chi connectivity index (χ1n) is 7.69. The average molecular weight is 326 g/mol. The molecule has 22 heavy (non-hydrogen) atoms. The number of carbonyl (C=O) groups excluding carboxylic acids is 1. The van der Waals surface area contributed by atoms with Crippen LogP contribution in [-0.4, -0.2) is 50.8 Å². The third-order valence-corrected chi connectivity index (χ3v) is 4.32. The number of piperidine rings is 1. The maximum atomic E-state index is 11.9. The van der Waals surface area contributed by atoms with Crippen LogP contribution in [0.15, 0.2) is 24.3 Å². The van der Waals surface area contributed by atoms with Crippen LogP contribution in [-0.2, 0) is 4.74 Å². The molecule has 1 aromatic carbocycles. The molecular weight excluding hydrogens is 302 g/mol. The standard InChI is InChI=1S/C16H24ClN3O2/c1-22-11-10-20-8-6-13(7-9-20)12-18-16(21)19-15-5-3-2-4-14(15)17/h2-5,13H,6-12H2,1H3,(H2,18,19,21). The van der Waals surface area contributed by atoms with Gasteiger partial charge in [-0.3, -0.25) is 0 Å². The Labute approximate surface area is 137 Å². The van der Waals surface area contributed by atoms with E-state index >= 15 is 0 Å². The molecule has 0 radical (unpaired) electrons. The monoisotopic (exact) mass is 325 g/mol. The van der Waals surface area contributed by atoms with E-state index < -0.39 is 0 Å². The normalized spacial score (nSPS) is 16.5. The number of methoxy groups -OCH3 is 1. The third kappa shape index (κ3) is 5.48. The van der Waals surface area contributed by atoms with Crippen molar-refractivity contribution in [3.05, 3.63) is 29.3 Å². The topological polar surface area (TPSA) is 53.6 Å². The summed E-state index contributed by atoms with van der Waals surface area (Å²) in [4.78, 5) is 14.3. The van der Waals surface area contributed by atoms with E-state index in [0.29, 0.717) is 23.2 Å². The molecule has 2 amide bonds. The second-order valence-electron chi connectivity index (χ2n) is 5.59. The van der Waals surface area contributed by atoms with E-state index in [1.165, 1.54) is 0 Å². The second-order valence-corrected chi connectivity index (χ2v) is 6.00. The van der Waals surface area contributed by atoms with Crippen LogP contribution in [0.25, 0.3) is 0 Å². The molecule has 1 heterocycles. The number of hydrogen-bond donors (Lipinski definition) is 2. The van der Waals surface area contributed by atoms with Crippen LogP contribution in [0.3, 0.4) is 0 Å². The lowest BCUT2D eigenvalue weighted by Gasteiger charge is -2.31. The third-order valence-electron chi connectivity index (χ3n) is 3.99. The maximum Gasteiger partial charge on any atom is 0.319 e. The summed E-state index contributed by atoms with van der Waals surface area (Å²) in [7, 11) is 1.73. The predicted octanol–water partition coefficient (Wildman–Crippen LogP) is 2.82. The number of ether oxygens (including phenoxy) is 1. The smallest absolute Gasteiger partial charge is 0.319 e. The van der Waals surface area contributed by atoms with Crippen LogP contribution in [0.5, 0.6) is 0 Å². The molecule has 1 aromatic rings. The van der Waals surface area contributed by atoms with E-state index in [0.717, 1.165) is 39.1 Å². The summed E-state index contributed by atoms with van der Waals surface area (Å²) in [5.74, 6) is 0.538. The molecule has 0 unspecified atom stereocenters. The highest BCUT2D eigenvalue weighted by Crippen LogP contribution is 2.20. The Morgan fingerprint density at radius 1 is 1.36 bits per heavy atom. The summed E-state index contributed by atoms with van der Waals surface area (Å²) < 4.78 is 5.10. The Morgan fingerprint density at radius 3 is 2.77 bits per heavy atom. The molecule has 0 bridgehead atoms. The molecule has 0 saturated carbocycles. The van der Waals surface area contributed by atoms with Crippen molar-refractivity contribution in [1.29, 1.82) is 0 Å². The van der Waals surface area contributed by atoms with Crippen molar-refractivity contribution in [2.24, 2.45) is 5.92 Å². The van der Waals surface area contributed by atoms with Gasteiger partial charge in [0, 0.05) is 20.2 Å². The molecule has 0 atom stereocenters. The highest BCUT2D eigenvalue weighted by Gasteiger charge is 2.19. The lowest BCUT2D eigenvalue weighted by molar-refractivity contribution is 0.120. The number of rotatable bonds is 6. The lowest BCUT2D eigenvalue weighted by atomic mass is 9.97. The quantitative estimate of drug-likeness (QED) is 0.845. The van der Waals surface area contributed by atoms with Gasteiger partial charge in [-0.2, -0.15) is 0 Å². The van der Waals surface area contributed by atoms with Gasteiger partial charge in [0.2, 0.25) is 0 Å². The van der Waals surface area contributed by atoms with Crippen LogP contribution in [0.2, 0.25) is 5.02 Å². The number of anilines is 1. The van der Waals surface area contributed by atoms with Crippen molar-refractivity contribution in [2.45, 2.75) is 12.8 Å². The number of benzene rings is 1. The van der Waals surface area contributed by atoms with E-state index in [1.807, 2.05) is 12.1 Å². The van der Waals surface area contributed by atoms with Crippen molar-refractivity contribution >= 4 is 23.3 Å². The van der Waals surface area contributed by atoms with Gasteiger partial charge in [0.05, 0.1) is 17.3 Å². The molecular formula is C16H24ClN3O2. The Morgan fingerprint density at radius 2 is 2.09 bits per heavy atom. The summed E-state index contributed by atoms with van der Waals surface area (Å²) in [6, 6.07) is 7.03. The summed E-state index contributed by atoms with van der Waals surface area (Å²) in [5, 5.41) is 6.26. The molecule has 2 N–H and O–H groups in total. The van der Waals surface area contributed by atoms with Crippen LogP contribution in [0, 0.1) is 5.92 Å². The number of para-hydroxylation sites is 1. The van der Waals surface area contributed by atoms with E-state index in [9.17, 15) is 4.79 Å². The van der Waals surface area contributed by atoms with Crippen molar-refractivity contribution in [2.75, 3.05) is 45.2 Å². The minimum absolute atomic E-state index is 0.199. The minimum atomic E-state index is -0.199. The number of hydrogen-bond acceptors (Lipinski definition) is 3. The average Bonchev–Trinajstić information content (AvgIpc) is 2.54. The zero-order valence-corrected chi connectivity index (χ0v) is 13.7. The predicted molar refractivity (Wildman–Crippen MR) is 89.5 cm³/mol. The van der Waals surface area contributed by atoms with Gasteiger partial charge >= 0.3 is 6.03 Å². The molecule has 6 heteroatoms. The molecule has 1 fully saturated rings. The Balaban J connectivity index is 1.66. The Kier molecular flexibility index (Phi) is 6.96. The zero-order chi connectivity index (χ0) is 15.8. The first-order chi connectivity index (χ1) is 10.7. The van der Waals surface area contributed by atoms with Gasteiger partial charge in [0.1, 0.15) is 0 Å². The van der Waals surface area contributed by atoms with Crippen molar-refractivity contribution < 1.29 is 9.53 Å². The molecule has 2 rings (SSSR count). The SMILES string of the molecule is COCCN1CCC(CNC(=O)Nc2ccccc2Cl)CC1. The number of amides is 2. The molecule has 0 spiro atoms. The van der Waals surface area contributed by atoms with E-state index in [2.05, 4.69) is 15.5 Å². The van der Waals surface area contributed by atoms with Gasteiger partial charge in [-0.05, 0) is 44.0 Å². The Bertz CT molecular complexity index is 476.